The monoisotopic (exact) mass is 485 g/mol. The molecule has 0 saturated heterocycles. The zero-order valence-electron chi connectivity index (χ0n) is 18.7. The second kappa shape index (κ2) is 11.2. The fourth-order valence-electron chi connectivity index (χ4n) is 3.37. The highest BCUT2D eigenvalue weighted by Gasteiger charge is 2.19. The third kappa shape index (κ3) is 6.73. The Labute approximate surface area is 203 Å². The van der Waals surface area contributed by atoms with Crippen LogP contribution in [0.1, 0.15) is 34.0 Å². The number of carbonyl (C=O) groups is 2. The molecule has 0 radical (unpaired) electrons. The van der Waals surface area contributed by atoms with Gasteiger partial charge in [-0.1, -0.05) is 35.3 Å². The summed E-state index contributed by atoms with van der Waals surface area (Å²) >= 11 is 12.4. The van der Waals surface area contributed by atoms with Crippen LogP contribution in [0.2, 0.25) is 10.0 Å². The van der Waals surface area contributed by atoms with Crippen molar-refractivity contribution in [3.8, 4) is 5.75 Å². The van der Waals surface area contributed by atoms with E-state index in [1.54, 1.807) is 54.3 Å². The van der Waals surface area contributed by atoms with Gasteiger partial charge in [0.25, 0.3) is 5.91 Å². The average molecular weight is 486 g/mol. The van der Waals surface area contributed by atoms with Crippen LogP contribution in [0.5, 0.6) is 5.75 Å². The Kier molecular flexibility index (Phi) is 8.37. The number of ether oxygens (including phenoxy) is 2. The second-order valence-corrected chi connectivity index (χ2v) is 8.44. The number of benzene rings is 3. The van der Waals surface area contributed by atoms with Crippen molar-refractivity contribution < 1.29 is 19.1 Å². The molecule has 1 amide bonds. The minimum absolute atomic E-state index is 0.159. The van der Waals surface area contributed by atoms with Gasteiger partial charge in [0.05, 0.1) is 18.7 Å². The Balaban J connectivity index is 1.85. The number of anilines is 1. The highest BCUT2D eigenvalue weighted by atomic mass is 35.5. The zero-order valence-corrected chi connectivity index (χ0v) is 20.2. The van der Waals surface area contributed by atoms with E-state index >= 15 is 0 Å². The summed E-state index contributed by atoms with van der Waals surface area (Å²) < 4.78 is 10.8. The van der Waals surface area contributed by atoms with Crippen molar-refractivity contribution >= 4 is 40.8 Å². The standard InChI is InChI=1S/C26H25Cl2NO4/c1-4-32-26(31)19-6-9-22(10-7-19)29(15-20-5-8-21(27)14-24(20)28)25(30)16-33-23-12-17(2)11-18(3)13-23/h5-14H,4,15-16H2,1-3H3. The van der Waals surface area contributed by atoms with E-state index in [2.05, 4.69) is 0 Å². The lowest BCUT2D eigenvalue weighted by molar-refractivity contribution is -0.120. The van der Waals surface area contributed by atoms with Gasteiger partial charge in [-0.05, 0) is 86.0 Å². The van der Waals surface area contributed by atoms with Gasteiger partial charge in [0.1, 0.15) is 5.75 Å². The highest BCUT2D eigenvalue weighted by Crippen LogP contribution is 2.26. The van der Waals surface area contributed by atoms with Gasteiger partial charge in [-0.3, -0.25) is 4.79 Å². The Morgan fingerprint density at radius 3 is 2.18 bits per heavy atom. The Morgan fingerprint density at radius 2 is 1.58 bits per heavy atom. The van der Waals surface area contributed by atoms with Gasteiger partial charge in [-0.15, -0.1) is 0 Å². The Morgan fingerprint density at radius 1 is 0.909 bits per heavy atom. The topological polar surface area (TPSA) is 55.8 Å². The van der Waals surface area contributed by atoms with Crippen molar-refractivity contribution in [2.45, 2.75) is 27.3 Å². The van der Waals surface area contributed by atoms with Crippen LogP contribution in [0.4, 0.5) is 5.69 Å². The maximum atomic E-state index is 13.2. The first-order valence-corrected chi connectivity index (χ1v) is 11.2. The van der Waals surface area contributed by atoms with E-state index in [0.717, 1.165) is 16.7 Å². The van der Waals surface area contributed by atoms with Crippen molar-refractivity contribution in [3.05, 3.63) is 93.0 Å². The molecule has 7 heteroatoms. The van der Waals surface area contributed by atoms with Crippen molar-refractivity contribution in [2.75, 3.05) is 18.1 Å². The number of hydrogen-bond donors (Lipinski definition) is 0. The van der Waals surface area contributed by atoms with Crippen LogP contribution in [0.25, 0.3) is 0 Å². The molecule has 0 atom stereocenters. The summed E-state index contributed by atoms with van der Waals surface area (Å²) in [6.45, 7) is 6.04. The van der Waals surface area contributed by atoms with Crippen LogP contribution in [-0.4, -0.2) is 25.1 Å². The molecule has 3 rings (SSSR count). The zero-order chi connectivity index (χ0) is 24.0. The third-order valence-electron chi connectivity index (χ3n) is 4.89. The predicted octanol–water partition coefficient (Wildman–Crippen LogP) is 6.40. The number of amides is 1. The highest BCUT2D eigenvalue weighted by molar-refractivity contribution is 6.35. The molecule has 0 heterocycles. The van der Waals surface area contributed by atoms with Gasteiger partial charge < -0.3 is 14.4 Å². The van der Waals surface area contributed by atoms with Gasteiger partial charge in [-0.2, -0.15) is 0 Å². The lowest BCUT2D eigenvalue weighted by atomic mass is 10.1. The normalized spacial score (nSPS) is 10.6. The lowest BCUT2D eigenvalue weighted by Crippen LogP contribution is -2.34. The van der Waals surface area contributed by atoms with Crippen LogP contribution < -0.4 is 9.64 Å². The predicted molar refractivity (Wildman–Crippen MR) is 131 cm³/mol. The van der Waals surface area contributed by atoms with Crippen LogP contribution in [0.15, 0.2) is 60.7 Å². The first kappa shape index (κ1) is 24.6. The molecule has 3 aromatic rings. The molecule has 5 nitrogen and oxygen atoms in total. The number of carbonyl (C=O) groups excluding carboxylic acids is 2. The Bertz CT molecular complexity index is 1130. The van der Waals surface area contributed by atoms with Crippen molar-refractivity contribution in [3.63, 3.8) is 0 Å². The molecule has 0 unspecified atom stereocenters. The molecule has 0 aromatic heterocycles. The molecule has 0 spiro atoms. The van der Waals surface area contributed by atoms with Gasteiger partial charge in [0.2, 0.25) is 0 Å². The summed E-state index contributed by atoms with van der Waals surface area (Å²) in [5, 5.41) is 0.970. The van der Waals surface area contributed by atoms with E-state index in [1.165, 1.54) is 0 Å². The van der Waals surface area contributed by atoms with E-state index in [0.29, 0.717) is 27.0 Å². The first-order chi connectivity index (χ1) is 15.8. The fraction of sp³-hybridized carbons (Fsp3) is 0.231. The van der Waals surface area contributed by atoms with E-state index < -0.39 is 5.97 Å². The molecule has 0 bridgehead atoms. The lowest BCUT2D eigenvalue weighted by Gasteiger charge is -2.24. The van der Waals surface area contributed by atoms with E-state index in [1.807, 2.05) is 32.0 Å². The molecule has 33 heavy (non-hydrogen) atoms. The number of halogens is 2. The number of nitrogens with zero attached hydrogens (tertiary/aromatic N) is 1. The number of hydrogen-bond acceptors (Lipinski definition) is 4. The minimum Gasteiger partial charge on any atom is -0.484 e. The summed E-state index contributed by atoms with van der Waals surface area (Å²) in [7, 11) is 0. The molecule has 0 N–H and O–H groups in total. The molecule has 3 aromatic carbocycles. The maximum Gasteiger partial charge on any atom is 0.338 e. The molecule has 0 saturated carbocycles. The van der Waals surface area contributed by atoms with E-state index in [9.17, 15) is 9.59 Å². The summed E-state index contributed by atoms with van der Waals surface area (Å²) in [6.07, 6.45) is 0. The maximum absolute atomic E-state index is 13.2. The van der Waals surface area contributed by atoms with Gasteiger partial charge >= 0.3 is 5.97 Å². The molecule has 0 aliphatic carbocycles. The minimum atomic E-state index is -0.416. The second-order valence-electron chi connectivity index (χ2n) is 7.60. The first-order valence-electron chi connectivity index (χ1n) is 10.5. The summed E-state index contributed by atoms with van der Waals surface area (Å²) in [5.41, 5.74) is 3.84. The SMILES string of the molecule is CCOC(=O)c1ccc(N(Cc2ccc(Cl)cc2Cl)C(=O)COc2cc(C)cc(C)c2)cc1. The summed E-state index contributed by atoms with van der Waals surface area (Å²) in [5.74, 6) is -0.0483. The van der Waals surface area contributed by atoms with Crippen LogP contribution >= 0.6 is 23.2 Å². The molecular formula is C26H25Cl2NO4. The average Bonchev–Trinajstić information content (AvgIpc) is 2.77. The van der Waals surface area contributed by atoms with Crippen molar-refractivity contribution in [1.82, 2.24) is 0 Å². The third-order valence-corrected chi connectivity index (χ3v) is 5.48. The largest absolute Gasteiger partial charge is 0.484 e. The van der Waals surface area contributed by atoms with Gasteiger partial charge in [0, 0.05) is 15.7 Å². The number of esters is 1. The summed E-state index contributed by atoms with van der Waals surface area (Å²) in [4.78, 5) is 26.8. The van der Waals surface area contributed by atoms with Crippen molar-refractivity contribution in [2.24, 2.45) is 0 Å². The van der Waals surface area contributed by atoms with E-state index in [4.69, 9.17) is 32.7 Å². The Hall–Kier alpha value is -3.02. The van der Waals surface area contributed by atoms with Gasteiger partial charge in [0.15, 0.2) is 6.61 Å². The van der Waals surface area contributed by atoms with Gasteiger partial charge in [-0.25, -0.2) is 4.79 Å². The van der Waals surface area contributed by atoms with Crippen molar-refractivity contribution in [1.29, 1.82) is 0 Å². The van der Waals surface area contributed by atoms with Crippen LogP contribution in [0.3, 0.4) is 0 Å². The number of rotatable bonds is 8. The molecule has 0 fully saturated rings. The molecule has 172 valence electrons. The molecule has 0 aliphatic heterocycles. The molecule has 0 aliphatic rings. The molecular weight excluding hydrogens is 461 g/mol. The van der Waals surface area contributed by atoms with E-state index in [-0.39, 0.29) is 25.7 Å². The quantitative estimate of drug-likeness (QED) is 0.346. The smallest absolute Gasteiger partial charge is 0.338 e. The van der Waals surface area contributed by atoms with Crippen LogP contribution in [-0.2, 0) is 16.1 Å². The number of aryl methyl sites for hydroxylation is 2. The fourth-order valence-corrected chi connectivity index (χ4v) is 3.84. The summed E-state index contributed by atoms with van der Waals surface area (Å²) in [6, 6.07) is 17.6. The van der Waals surface area contributed by atoms with Crippen LogP contribution in [0, 0.1) is 13.8 Å².